The molecule has 6 nitrogen and oxygen atoms in total. The molecule has 0 aliphatic heterocycles. The fraction of sp³-hybridized carbons (Fsp3) is 0.667. The lowest BCUT2D eigenvalue weighted by Gasteiger charge is -2.25. The van der Waals surface area contributed by atoms with Gasteiger partial charge in [-0.3, -0.25) is 15.0 Å². The van der Waals surface area contributed by atoms with Gasteiger partial charge in [-0.2, -0.15) is 0 Å². The van der Waals surface area contributed by atoms with Crippen LogP contribution in [0.3, 0.4) is 0 Å². The third-order valence-corrected chi connectivity index (χ3v) is 2.19. The summed E-state index contributed by atoms with van der Waals surface area (Å²) in [6.07, 6.45) is 0.539. The zero-order chi connectivity index (χ0) is 12.7. The normalized spacial score (nSPS) is 10.5. The van der Waals surface area contributed by atoms with Crippen molar-refractivity contribution >= 4 is 29.1 Å². The molecule has 7 heteroatoms. The van der Waals surface area contributed by atoms with Crippen LogP contribution in [0.15, 0.2) is 0 Å². The highest BCUT2D eigenvalue weighted by molar-refractivity contribution is 7.80. The maximum Gasteiger partial charge on any atom is 0.318 e. The van der Waals surface area contributed by atoms with E-state index in [2.05, 4.69) is 0 Å². The molecule has 0 unspecified atom stereocenters. The molecule has 0 fully saturated rings. The Hall–Kier alpha value is -1.21. The Balaban J connectivity index is 4.17. The van der Waals surface area contributed by atoms with Gasteiger partial charge in [-0.15, -0.1) is 0 Å². The van der Waals surface area contributed by atoms with E-state index in [9.17, 15) is 9.59 Å². The van der Waals surface area contributed by atoms with Crippen LogP contribution in [0.2, 0.25) is 0 Å². The number of imide groups is 1. The van der Waals surface area contributed by atoms with Crippen molar-refractivity contribution in [3.05, 3.63) is 0 Å². The van der Waals surface area contributed by atoms with Crippen molar-refractivity contribution in [2.24, 2.45) is 11.5 Å². The molecule has 92 valence electrons. The molecule has 0 aromatic heterocycles. The number of nitrogens with two attached hydrogens (primary N) is 2. The number of amides is 3. The third-order valence-electron chi connectivity index (χ3n) is 1.99. The first-order valence-electron chi connectivity index (χ1n) is 4.94. The summed E-state index contributed by atoms with van der Waals surface area (Å²) in [5, 5.41) is 2.01. The molecule has 0 bridgehead atoms. The molecule has 0 aromatic rings. The van der Waals surface area contributed by atoms with Gasteiger partial charge < -0.3 is 11.5 Å². The van der Waals surface area contributed by atoms with Crippen LogP contribution in [0.1, 0.15) is 20.3 Å². The zero-order valence-electron chi connectivity index (χ0n) is 9.53. The van der Waals surface area contributed by atoms with E-state index in [-0.39, 0.29) is 12.6 Å². The molecule has 0 radical (unpaired) electrons. The van der Waals surface area contributed by atoms with Gasteiger partial charge in [0.05, 0.1) is 11.5 Å². The molecule has 0 heterocycles. The van der Waals surface area contributed by atoms with E-state index < -0.39 is 11.9 Å². The number of nitrogens with one attached hydrogen (secondary N) is 1. The number of carbonyl (C=O) groups is 2. The Morgan fingerprint density at radius 3 is 2.31 bits per heavy atom. The molecule has 0 saturated heterocycles. The molecule has 0 aromatic carbocycles. The smallest absolute Gasteiger partial charge is 0.318 e. The van der Waals surface area contributed by atoms with Gasteiger partial charge in [0.25, 0.3) is 0 Å². The molecule has 0 saturated carbocycles. The minimum absolute atomic E-state index is 0.100. The van der Waals surface area contributed by atoms with Crippen LogP contribution in [-0.2, 0) is 4.79 Å². The number of carbonyl (C=O) groups excluding carboxylic acids is 2. The Labute approximate surface area is 100 Å². The van der Waals surface area contributed by atoms with Crippen molar-refractivity contribution in [3.63, 3.8) is 0 Å². The molecule has 0 rings (SSSR count). The first-order chi connectivity index (χ1) is 7.32. The Bertz CT molecular complexity index is 281. The molecule has 0 spiro atoms. The molecule has 0 aliphatic carbocycles. The molecule has 3 amide bonds. The van der Waals surface area contributed by atoms with E-state index in [1.807, 2.05) is 24.1 Å². The molecule has 0 atom stereocenters. The predicted molar refractivity (Wildman–Crippen MR) is 65.8 cm³/mol. The summed E-state index contributed by atoms with van der Waals surface area (Å²) in [5.74, 6) is -0.427. The fourth-order valence-corrected chi connectivity index (χ4v) is 1.23. The molecular weight excluding hydrogens is 228 g/mol. The fourth-order valence-electron chi connectivity index (χ4n) is 1.14. The van der Waals surface area contributed by atoms with Crippen LogP contribution >= 0.6 is 12.2 Å². The number of rotatable bonds is 6. The Morgan fingerprint density at radius 1 is 1.38 bits per heavy atom. The molecule has 0 aliphatic rings. The van der Waals surface area contributed by atoms with Gasteiger partial charge in [-0.05, 0) is 13.8 Å². The van der Waals surface area contributed by atoms with Gasteiger partial charge in [0.15, 0.2) is 0 Å². The maximum atomic E-state index is 11.3. The second-order valence-corrected chi connectivity index (χ2v) is 4.22. The van der Waals surface area contributed by atoms with Gasteiger partial charge in [0.1, 0.15) is 0 Å². The first kappa shape index (κ1) is 14.8. The van der Waals surface area contributed by atoms with E-state index in [0.29, 0.717) is 18.0 Å². The summed E-state index contributed by atoms with van der Waals surface area (Å²) in [7, 11) is 0. The lowest BCUT2D eigenvalue weighted by atomic mass is 10.2. The van der Waals surface area contributed by atoms with Crippen LogP contribution in [-0.4, -0.2) is 41.0 Å². The van der Waals surface area contributed by atoms with E-state index in [0.717, 1.165) is 0 Å². The van der Waals surface area contributed by atoms with E-state index in [4.69, 9.17) is 23.7 Å². The van der Waals surface area contributed by atoms with Gasteiger partial charge in [-0.1, -0.05) is 12.2 Å². The van der Waals surface area contributed by atoms with Gasteiger partial charge in [-0.25, -0.2) is 4.79 Å². The summed E-state index contributed by atoms with van der Waals surface area (Å²) in [4.78, 5) is 24.0. The zero-order valence-corrected chi connectivity index (χ0v) is 10.3. The highest BCUT2D eigenvalue weighted by Gasteiger charge is 2.14. The maximum absolute atomic E-state index is 11.3. The third kappa shape index (κ3) is 7.13. The van der Waals surface area contributed by atoms with Gasteiger partial charge in [0, 0.05) is 19.0 Å². The molecular formula is C9H18N4O2S. The number of nitrogens with zero attached hydrogens (tertiary/aromatic N) is 1. The van der Waals surface area contributed by atoms with Crippen LogP contribution < -0.4 is 16.8 Å². The number of hydrogen-bond acceptors (Lipinski definition) is 4. The topological polar surface area (TPSA) is 101 Å². The Morgan fingerprint density at radius 2 is 1.94 bits per heavy atom. The van der Waals surface area contributed by atoms with Crippen LogP contribution in [0.5, 0.6) is 0 Å². The lowest BCUT2D eigenvalue weighted by Crippen LogP contribution is -2.45. The summed E-state index contributed by atoms with van der Waals surface area (Å²) in [6.45, 7) is 4.57. The summed E-state index contributed by atoms with van der Waals surface area (Å²) >= 11 is 4.76. The second-order valence-electron chi connectivity index (χ2n) is 3.69. The van der Waals surface area contributed by atoms with Crippen LogP contribution in [0, 0.1) is 0 Å². The van der Waals surface area contributed by atoms with Crippen molar-refractivity contribution in [1.29, 1.82) is 0 Å². The largest absolute Gasteiger partial charge is 0.393 e. The number of urea groups is 1. The van der Waals surface area contributed by atoms with Crippen LogP contribution in [0.4, 0.5) is 4.79 Å². The van der Waals surface area contributed by atoms with Gasteiger partial charge >= 0.3 is 6.03 Å². The average Bonchev–Trinajstić information content (AvgIpc) is 2.09. The Kier molecular flexibility index (Phi) is 6.59. The molecule has 16 heavy (non-hydrogen) atoms. The van der Waals surface area contributed by atoms with Crippen molar-refractivity contribution in [1.82, 2.24) is 10.2 Å². The average molecular weight is 246 g/mol. The predicted octanol–water partition coefficient (Wildman–Crippen LogP) is -0.432. The quantitative estimate of drug-likeness (QED) is 0.552. The minimum Gasteiger partial charge on any atom is -0.393 e. The summed E-state index contributed by atoms with van der Waals surface area (Å²) in [5.41, 5.74) is 10.2. The standard InChI is InChI=1S/C9H18N4O2S/c1-6(2)13(4-3-7(10)16)5-8(14)12-9(11)15/h6H,3-5H2,1-2H3,(H2,10,16)(H3,11,12,14,15). The van der Waals surface area contributed by atoms with Crippen molar-refractivity contribution < 1.29 is 9.59 Å². The van der Waals surface area contributed by atoms with E-state index >= 15 is 0 Å². The van der Waals surface area contributed by atoms with Crippen molar-refractivity contribution in [2.75, 3.05) is 13.1 Å². The van der Waals surface area contributed by atoms with E-state index in [1.54, 1.807) is 0 Å². The summed E-state index contributed by atoms with van der Waals surface area (Å²) < 4.78 is 0. The van der Waals surface area contributed by atoms with Crippen molar-refractivity contribution in [3.8, 4) is 0 Å². The first-order valence-corrected chi connectivity index (χ1v) is 5.35. The molecule has 5 N–H and O–H groups in total. The highest BCUT2D eigenvalue weighted by atomic mass is 32.1. The second kappa shape index (κ2) is 7.13. The highest BCUT2D eigenvalue weighted by Crippen LogP contribution is 1.99. The number of hydrogen-bond donors (Lipinski definition) is 3. The monoisotopic (exact) mass is 246 g/mol. The lowest BCUT2D eigenvalue weighted by molar-refractivity contribution is -0.121. The SMILES string of the molecule is CC(C)N(CCC(N)=S)CC(=O)NC(N)=O. The minimum atomic E-state index is -0.844. The number of primary amides is 1. The summed E-state index contributed by atoms with van der Waals surface area (Å²) in [6, 6.07) is -0.684. The van der Waals surface area contributed by atoms with Crippen molar-refractivity contribution in [2.45, 2.75) is 26.3 Å². The van der Waals surface area contributed by atoms with Gasteiger partial charge in [0.2, 0.25) is 5.91 Å². The van der Waals surface area contributed by atoms with E-state index in [1.165, 1.54) is 0 Å². The van der Waals surface area contributed by atoms with Crippen LogP contribution in [0.25, 0.3) is 0 Å². The number of thiocarbonyl (C=S) groups is 1.